The molecule has 1 heterocycles. The molecule has 31 heavy (non-hydrogen) atoms. The van der Waals surface area contributed by atoms with E-state index in [1.165, 1.54) is 28.6 Å². The Bertz CT molecular complexity index is 1260. The molecule has 3 aromatic carbocycles. The Kier molecular flexibility index (Phi) is 5.79. The van der Waals surface area contributed by atoms with E-state index in [9.17, 15) is 22.0 Å². The number of fused-ring (bicyclic) bond motifs is 1. The number of rotatable bonds is 4. The van der Waals surface area contributed by atoms with Crippen LogP contribution in [-0.2, 0) is 23.0 Å². The Morgan fingerprint density at radius 3 is 2.42 bits per heavy atom. The summed E-state index contributed by atoms with van der Waals surface area (Å²) in [5, 5.41) is 3.02. The summed E-state index contributed by atoms with van der Waals surface area (Å²) in [4.78, 5) is 12.5. The first kappa shape index (κ1) is 21.4. The summed E-state index contributed by atoms with van der Waals surface area (Å²) in [6.45, 7) is 0.458. The normalized spacial score (nSPS) is 14.2. The molecule has 0 spiro atoms. The van der Waals surface area contributed by atoms with Crippen LogP contribution in [0.4, 0.5) is 14.5 Å². The number of sulfonamides is 1. The smallest absolute Gasteiger partial charge is 0.258 e. The van der Waals surface area contributed by atoms with Gasteiger partial charge < -0.3 is 5.32 Å². The van der Waals surface area contributed by atoms with Gasteiger partial charge >= 0.3 is 0 Å². The first-order valence-electron chi connectivity index (χ1n) is 9.38. The van der Waals surface area contributed by atoms with Crippen LogP contribution >= 0.6 is 11.6 Å². The number of amides is 1. The zero-order chi connectivity index (χ0) is 22.2. The van der Waals surface area contributed by atoms with Crippen LogP contribution in [0.1, 0.15) is 21.5 Å². The van der Waals surface area contributed by atoms with Crippen molar-refractivity contribution in [2.75, 3.05) is 11.9 Å². The molecule has 3 aromatic rings. The van der Waals surface area contributed by atoms with Crippen LogP contribution in [0.25, 0.3) is 0 Å². The van der Waals surface area contributed by atoms with Crippen LogP contribution in [0.3, 0.4) is 0 Å². The van der Waals surface area contributed by atoms with Crippen molar-refractivity contribution in [3.63, 3.8) is 0 Å². The van der Waals surface area contributed by atoms with Crippen molar-refractivity contribution in [2.24, 2.45) is 0 Å². The molecule has 0 atom stereocenters. The highest BCUT2D eigenvalue weighted by Crippen LogP contribution is 2.28. The predicted octanol–water partition coefficient (Wildman–Crippen LogP) is 4.62. The third-order valence-corrected chi connectivity index (χ3v) is 7.18. The number of anilines is 1. The van der Waals surface area contributed by atoms with Gasteiger partial charge in [-0.3, -0.25) is 4.79 Å². The standard InChI is InChI=1S/C22H17ClF2N2O3S/c23-16-2-6-19(7-3-16)31(29,30)27-10-9-14-1-5-18(11-15(14)13-27)26-22(28)20-8-4-17(24)12-21(20)25/h1-8,11-12H,9-10,13H2,(H,26,28). The predicted molar refractivity (Wildman–Crippen MR) is 114 cm³/mol. The molecule has 0 saturated carbocycles. The van der Waals surface area contributed by atoms with Gasteiger partial charge in [-0.25, -0.2) is 17.2 Å². The van der Waals surface area contributed by atoms with E-state index in [1.807, 2.05) is 0 Å². The minimum atomic E-state index is -3.71. The quantitative estimate of drug-likeness (QED) is 0.615. The topological polar surface area (TPSA) is 66.5 Å². The summed E-state index contributed by atoms with van der Waals surface area (Å²) in [6, 6.07) is 13.8. The molecule has 0 radical (unpaired) electrons. The van der Waals surface area contributed by atoms with Gasteiger partial charge in [0.15, 0.2) is 0 Å². The third-order valence-electron chi connectivity index (χ3n) is 5.07. The van der Waals surface area contributed by atoms with Gasteiger partial charge in [-0.2, -0.15) is 4.31 Å². The molecule has 9 heteroatoms. The number of nitrogens with one attached hydrogen (secondary N) is 1. The second kappa shape index (κ2) is 8.37. The SMILES string of the molecule is O=C(Nc1ccc2c(c1)CN(S(=O)(=O)c1ccc(Cl)cc1)CC2)c1ccc(F)cc1F. The average Bonchev–Trinajstić information content (AvgIpc) is 2.73. The van der Waals surface area contributed by atoms with Gasteiger partial charge in [-0.05, 0) is 66.1 Å². The van der Waals surface area contributed by atoms with Gasteiger partial charge in [0, 0.05) is 29.9 Å². The van der Waals surface area contributed by atoms with E-state index in [0.29, 0.717) is 29.7 Å². The summed E-state index contributed by atoms with van der Waals surface area (Å²) in [5.41, 5.74) is 1.80. The highest BCUT2D eigenvalue weighted by molar-refractivity contribution is 7.89. The van der Waals surface area contributed by atoms with Crippen molar-refractivity contribution < 1.29 is 22.0 Å². The van der Waals surface area contributed by atoms with Gasteiger partial charge in [0.2, 0.25) is 10.0 Å². The molecule has 0 saturated heterocycles. The van der Waals surface area contributed by atoms with Gasteiger partial charge in [0.05, 0.1) is 10.5 Å². The molecule has 1 amide bonds. The molecule has 0 aliphatic carbocycles. The number of hydrogen-bond donors (Lipinski definition) is 1. The van der Waals surface area contributed by atoms with Crippen LogP contribution in [-0.4, -0.2) is 25.2 Å². The lowest BCUT2D eigenvalue weighted by atomic mass is 10.0. The molecular weight excluding hydrogens is 446 g/mol. The Balaban J connectivity index is 1.55. The van der Waals surface area contributed by atoms with Crippen molar-refractivity contribution >= 4 is 33.2 Å². The summed E-state index contributed by atoms with van der Waals surface area (Å²) in [6.07, 6.45) is 0.517. The van der Waals surface area contributed by atoms with Crippen molar-refractivity contribution in [2.45, 2.75) is 17.9 Å². The largest absolute Gasteiger partial charge is 0.322 e. The van der Waals surface area contributed by atoms with Crippen molar-refractivity contribution in [1.29, 1.82) is 0 Å². The van der Waals surface area contributed by atoms with Crippen LogP contribution < -0.4 is 5.32 Å². The molecule has 1 aliphatic rings. The highest BCUT2D eigenvalue weighted by Gasteiger charge is 2.28. The van der Waals surface area contributed by atoms with E-state index in [2.05, 4.69) is 5.32 Å². The number of halogens is 3. The maximum atomic E-state index is 13.9. The fourth-order valence-electron chi connectivity index (χ4n) is 3.44. The summed E-state index contributed by atoms with van der Waals surface area (Å²) >= 11 is 5.85. The first-order chi connectivity index (χ1) is 14.7. The van der Waals surface area contributed by atoms with E-state index in [0.717, 1.165) is 23.3 Å². The van der Waals surface area contributed by atoms with Gasteiger partial charge in [-0.1, -0.05) is 17.7 Å². The van der Waals surface area contributed by atoms with Crippen molar-refractivity contribution in [1.82, 2.24) is 4.31 Å². The zero-order valence-corrected chi connectivity index (χ0v) is 17.7. The van der Waals surface area contributed by atoms with Crippen LogP contribution in [0.15, 0.2) is 65.6 Å². The molecule has 1 aliphatic heterocycles. The van der Waals surface area contributed by atoms with Gasteiger partial charge in [0.1, 0.15) is 11.6 Å². The van der Waals surface area contributed by atoms with Crippen LogP contribution in [0, 0.1) is 11.6 Å². The van der Waals surface area contributed by atoms with Gasteiger partial charge in [0.25, 0.3) is 5.91 Å². The minimum absolute atomic E-state index is 0.134. The van der Waals surface area contributed by atoms with Crippen molar-refractivity contribution in [3.8, 4) is 0 Å². The lowest BCUT2D eigenvalue weighted by molar-refractivity contribution is 0.102. The number of hydrogen-bond acceptors (Lipinski definition) is 3. The minimum Gasteiger partial charge on any atom is -0.322 e. The van der Waals surface area contributed by atoms with Crippen LogP contribution in [0.5, 0.6) is 0 Å². The summed E-state index contributed by atoms with van der Waals surface area (Å²) in [5.74, 6) is -2.46. The molecule has 5 nitrogen and oxygen atoms in total. The Hall–Kier alpha value is -2.81. The van der Waals surface area contributed by atoms with Crippen LogP contribution in [0.2, 0.25) is 5.02 Å². The van der Waals surface area contributed by atoms with Gasteiger partial charge in [-0.15, -0.1) is 0 Å². The second-order valence-corrected chi connectivity index (χ2v) is 9.48. The molecule has 0 bridgehead atoms. The Morgan fingerprint density at radius 2 is 1.71 bits per heavy atom. The number of nitrogens with zero attached hydrogens (tertiary/aromatic N) is 1. The Labute approximate surface area is 183 Å². The van der Waals surface area contributed by atoms with E-state index < -0.39 is 27.6 Å². The maximum absolute atomic E-state index is 13.9. The number of carbonyl (C=O) groups is 1. The molecule has 0 aromatic heterocycles. The third kappa shape index (κ3) is 4.46. The highest BCUT2D eigenvalue weighted by atomic mass is 35.5. The lowest BCUT2D eigenvalue weighted by Gasteiger charge is -2.28. The molecular formula is C22H17ClF2N2O3S. The zero-order valence-electron chi connectivity index (χ0n) is 16.1. The van der Waals surface area contributed by atoms with E-state index in [-0.39, 0.29) is 17.0 Å². The fourth-order valence-corrected chi connectivity index (χ4v) is 4.99. The summed E-state index contributed by atoms with van der Waals surface area (Å²) in [7, 11) is -3.71. The molecule has 1 N–H and O–H groups in total. The molecule has 0 fully saturated rings. The number of carbonyl (C=O) groups excluding carboxylic acids is 1. The maximum Gasteiger partial charge on any atom is 0.258 e. The Morgan fingerprint density at radius 1 is 0.968 bits per heavy atom. The van der Waals surface area contributed by atoms with Crippen molar-refractivity contribution in [3.05, 3.63) is 94.0 Å². The molecule has 160 valence electrons. The van der Waals surface area contributed by atoms with E-state index in [1.54, 1.807) is 18.2 Å². The fraction of sp³-hybridized carbons (Fsp3) is 0.136. The molecule has 0 unspecified atom stereocenters. The molecule has 4 rings (SSSR count). The monoisotopic (exact) mass is 462 g/mol. The second-order valence-electron chi connectivity index (χ2n) is 7.10. The van der Waals surface area contributed by atoms with E-state index in [4.69, 9.17) is 11.6 Å². The van der Waals surface area contributed by atoms with E-state index >= 15 is 0 Å². The first-order valence-corrected chi connectivity index (χ1v) is 11.2. The number of benzene rings is 3. The summed E-state index contributed by atoms with van der Waals surface area (Å²) < 4.78 is 54.2. The lowest BCUT2D eigenvalue weighted by Crippen LogP contribution is -2.36. The average molecular weight is 463 g/mol.